The third-order valence-electron chi connectivity index (χ3n) is 6.35. The first-order valence-electron chi connectivity index (χ1n) is 11.1. The van der Waals surface area contributed by atoms with Crippen LogP contribution < -0.4 is 5.32 Å². The second-order valence-corrected chi connectivity index (χ2v) is 10.8. The van der Waals surface area contributed by atoms with Crippen LogP contribution in [-0.4, -0.2) is 31.7 Å². The molecule has 1 fully saturated rings. The highest BCUT2D eigenvalue weighted by atomic mass is 32.2. The van der Waals surface area contributed by atoms with Crippen LogP contribution in [0, 0.1) is 26.7 Å². The van der Waals surface area contributed by atoms with Crippen molar-refractivity contribution in [3.63, 3.8) is 0 Å². The van der Waals surface area contributed by atoms with E-state index in [-0.39, 0.29) is 16.8 Å². The van der Waals surface area contributed by atoms with E-state index in [0.29, 0.717) is 24.6 Å². The molecule has 0 saturated carbocycles. The Morgan fingerprint density at radius 1 is 1.06 bits per heavy atom. The number of rotatable bonds is 6. The smallest absolute Gasteiger partial charge is 0.252 e. The summed E-state index contributed by atoms with van der Waals surface area (Å²) in [6.45, 7) is 11.2. The molecule has 1 atom stereocenters. The quantitative estimate of drug-likeness (QED) is 0.691. The Bertz CT molecular complexity index is 1050. The van der Waals surface area contributed by atoms with Gasteiger partial charge in [0.25, 0.3) is 5.91 Å². The fourth-order valence-electron chi connectivity index (χ4n) is 4.23. The lowest BCUT2D eigenvalue weighted by molar-refractivity contribution is 0.0934. The third kappa shape index (κ3) is 5.18. The maximum Gasteiger partial charge on any atom is 0.252 e. The summed E-state index contributed by atoms with van der Waals surface area (Å²) < 4.78 is 27.8. The van der Waals surface area contributed by atoms with Crippen molar-refractivity contribution in [3.8, 4) is 0 Å². The zero-order valence-corrected chi connectivity index (χ0v) is 20.1. The molecule has 1 aliphatic rings. The number of amides is 1. The van der Waals surface area contributed by atoms with Crippen molar-refractivity contribution in [3.05, 3.63) is 64.2 Å². The Kier molecular flexibility index (Phi) is 7.22. The SMILES string of the molecule is CCC(NC(=O)c1cc(S(=O)(=O)N2CCC(C)CC2)ccc1C)c1ccc(C)cc1C. The van der Waals surface area contributed by atoms with Gasteiger partial charge in [-0.05, 0) is 74.8 Å². The van der Waals surface area contributed by atoms with Gasteiger partial charge in [-0.1, -0.05) is 43.7 Å². The van der Waals surface area contributed by atoms with E-state index >= 15 is 0 Å². The zero-order chi connectivity index (χ0) is 22.8. The van der Waals surface area contributed by atoms with Gasteiger partial charge >= 0.3 is 0 Å². The van der Waals surface area contributed by atoms with Crippen LogP contribution in [-0.2, 0) is 10.0 Å². The number of hydrogen-bond donors (Lipinski definition) is 1. The van der Waals surface area contributed by atoms with Crippen molar-refractivity contribution >= 4 is 15.9 Å². The van der Waals surface area contributed by atoms with Gasteiger partial charge < -0.3 is 5.32 Å². The molecule has 0 radical (unpaired) electrons. The van der Waals surface area contributed by atoms with Crippen molar-refractivity contribution in [2.75, 3.05) is 13.1 Å². The molecular weight excluding hydrogens is 408 g/mol. The molecule has 2 aromatic carbocycles. The largest absolute Gasteiger partial charge is 0.345 e. The summed E-state index contributed by atoms with van der Waals surface area (Å²) in [7, 11) is -3.60. The van der Waals surface area contributed by atoms with Gasteiger partial charge in [0.1, 0.15) is 0 Å². The highest BCUT2D eigenvalue weighted by Gasteiger charge is 2.29. The van der Waals surface area contributed by atoms with Gasteiger partial charge in [0.2, 0.25) is 10.0 Å². The summed E-state index contributed by atoms with van der Waals surface area (Å²) in [4.78, 5) is 13.4. The molecule has 1 saturated heterocycles. The minimum atomic E-state index is -3.60. The lowest BCUT2D eigenvalue weighted by atomic mass is 9.97. The van der Waals surface area contributed by atoms with Crippen LogP contribution >= 0.6 is 0 Å². The summed E-state index contributed by atoms with van der Waals surface area (Å²) in [6.07, 6.45) is 2.48. The van der Waals surface area contributed by atoms with Gasteiger partial charge in [0.05, 0.1) is 10.9 Å². The predicted octanol–water partition coefficient (Wildman–Crippen LogP) is 4.91. The summed E-state index contributed by atoms with van der Waals surface area (Å²) in [5.74, 6) is 0.302. The molecular formula is C25H34N2O3S. The van der Waals surface area contributed by atoms with Crippen LogP contribution in [0.1, 0.15) is 71.8 Å². The minimum absolute atomic E-state index is 0.128. The fraction of sp³-hybridized carbons (Fsp3) is 0.480. The number of piperidine rings is 1. The molecule has 5 nitrogen and oxygen atoms in total. The van der Waals surface area contributed by atoms with Gasteiger partial charge in [-0.15, -0.1) is 0 Å². The normalized spacial score (nSPS) is 16.8. The van der Waals surface area contributed by atoms with Crippen molar-refractivity contribution < 1.29 is 13.2 Å². The average Bonchev–Trinajstić information content (AvgIpc) is 2.72. The molecule has 0 aliphatic carbocycles. The van der Waals surface area contributed by atoms with Crippen molar-refractivity contribution in [2.45, 2.75) is 64.8 Å². The van der Waals surface area contributed by atoms with Gasteiger partial charge in [-0.3, -0.25) is 4.79 Å². The molecule has 0 spiro atoms. The Balaban J connectivity index is 1.86. The van der Waals surface area contributed by atoms with E-state index in [4.69, 9.17) is 0 Å². The number of hydrogen-bond acceptors (Lipinski definition) is 3. The van der Waals surface area contributed by atoms with E-state index in [0.717, 1.165) is 36.0 Å². The monoisotopic (exact) mass is 442 g/mol. The predicted molar refractivity (Wildman–Crippen MR) is 125 cm³/mol. The van der Waals surface area contributed by atoms with Crippen molar-refractivity contribution in [1.82, 2.24) is 9.62 Å². The molecule has 1 N–H and O–H groups in total. The van der Waals surface area contributed by atoms with Crippen LogP contribution in [0.25, 0.3) is 0 Å². The van der Waals surface area contributed by atoms with E-state index in [1.54, 1.807) is 16.4 Å². The molecule has 1 aliphatic heterocycles. The number of aryl methyl sites for hydroxylation is 3. The molecule has 3 rings (SSSR count). The average molecular weight is 443 g/mol. The van der Waals surface area contributed by atoms with Gasteiger partial charge in [0, 0.05) is 18.7 Å². The lowest BCUT2D eigenvalue weighted by Gasteiger charge is -2.29. The van der Waals surface area contributed by atoms with Crippen LogP contribution in [0.15, 0.2) is 41.3 Å². The molecule has 1 unspecified atom stereocenters. The maximum atomic E-state index is 13.2. The molecule has 6 heteroatoms. The van der Waals surface area contributed by atoms with Crippen LogP contribution in [0.4, 0.5) is 0 Å². The highest BCUT2D eigenvalue weighted by Crippen LogP contribution is 2.26. The first kappa shape index (κ1) is 23.5. The van der Waals surface area contributed by atoms with Gasteiger partial charge in [0.15, 0.2) is 0 Å². The molecule has 0 aromatic heterocycles. The van der Waals surface area contributed by atoms with Gasteiger partial charge in [-0.2, -0.15) is 4.31 Å². The molecule has 0 bridgehead atoms. The highest BCUT2D eigenvalue weighted by molar-refractivity contribution is 7.89. The number of carbonyl (C=O) groups is 1. The minimum Gasteiger partial charge on any atom is -0.345 e. The summed E-state index contributed by atoms with van der Waals surface area (Å²) in [5, 5.41) is 3.12. The standard InChI is InChI=1S/C25H34N2O3S/c1-6-24(22-10-7-18(3)15-20(22)5)26-25(28)23-16-21(9-8-19(23)4)31(29,30)27-13-11-17(2)12-14-27/h7-10,15-17,24H,6,11-14H2,1-5H3,(H,26,28). The number of nitrogens with zero attached hydrogens (tertiary/aromatic N) is 1. The van der Waals surface area contributed by atoms with E-state index in [2.05, 4.69) is 44.3 Å². The lowest BCUT2D eigenvalue weighted by Crippen LogP contribution is -2.38. The Labute approximate surface area is 186 Å². The molecule has 1 heterocycles. The number of benzene rings is 2. The maximum absolute atomic E-state index is 13.2. The summed E-state index contributed by atoms with van der Waals surface area (Å²) in [6, 6.07) is 11.0. The second-order valence-electron chi connectivity index (χ2n) is 8.86. The van der Waals surface area contributed by atoms with Gasteiger partial charge in [-0.25, -0.2) is 8.42 Å². The third-order valence-corrected chi connectivity index (χ3v) is 8.24. The molecule has 168 valence electrons. The zero-order valence-electron chi connectivity index (χ0n) is 19.2. The number of nitrogens with one attached hydrogen (secondary N) is 1. The van der Waals surface area contributed by atoms with Crippen LogP contribution in [0.2, 0.25) is 0 Å². The van der Waals surface area contributed by atoms with E-state index in [1.807, 2.05) is 13.8 Å². The molecule has 1 amide bonds. The first-order valence-corrected chi connectivity index (χ1v) is 12.6. The number of sulfonamides is 1. The summed E-state index contributed by atoms with van der Waals surface area (Å²) >= 11 is 0. The van der Waals surface area contributed by atoms with E-state index < -0.39 is 10.0 Å². The Morgan fingerprint density at radius 2 is 1.74 bits per heavy atom. The number of carbonyl (C=O) groups excluding carboxylic acids is 1. The summed E-state index contributed by atoms with van der Waals surface area (Å²) in [5.41, 5.74) is 4.59. The van der Waals surface area contributed by atoms with E-state index in [9.17, 15) is 13.2 Å². The Morgan fingerprint density at radius 3 is 2.35 bits per heavy atom. The molecule has 31 heavy (non-hydrogen) atoms. The first-order chi connectivity index (χ1) is 14.6. The topological polar surface area (TPSA) is 66.5 Å². The van der Waals surface area contributed by atoms with E-state index in [1.165, 1.54) is 11.6 Å². The molecule has 2 aromatic rings. The van der Waals surface area contributed by atoms with Crippen LogP contribution in [0.5, 0.6) is 0 Å². The van der Waals surface area contributed by atoms with Crippen LogP contribution in [0.3, 0.4) is 0 Å². The Hall–Kier alpha value is -2.18. The van der Waals surface area contributed by atoms with Crippen molar-refractivity contribution in [2.24, 2.45) is 5.92 Å². The second kappa shape index (κ2) is 9.53. The van der Waals surface area contributed by atoms with Crippen molar-refractivity contribution in [1.29, 1.82) is 0 Å². The fourth-order valence-corrected chi connectivity index (χ4v) is 5.73.